The van der Waals surface area contributed by atoms with E-state index in [4.69, 9.17) is 9.84 Å². The average molecular weight is 261 g/mol. The number of hydrogen-bond acceptors (Lipinski definition) is 3. The molecule has 4 heteroatoms. The highest BCUT2D eigenvalue weighted by Gasteiger charge is 2.34. The summed E-state index contributed by atoms with van der Waals surface area (Å²) in [6.07, 6.45) is 2.26. The van der Waals surface area contributed by atoms with Gasteiger partial charge in [0.05, 0.1) is 18.2 Å². The first-order valence-electron chi connectivity index (χ1n) is 6.76. The number of ether oxygens (including phenoxy) is 1. The molecule has 2 aromatic rings. The highest BCUT2D eigenvalue weighted by atomic mass is 16.5. The van der Waals surface area contributed by atoms with Gasteiger partial charge in [0, 0.05) is 12.6 Å². The van der Waals surface area contributed by atoms with Gasteiger partial charge in [0.15, 0.2) is 0 Å². The number of fused-ring (bicyclic) bond motifs is 1. The third kappa shape index (κ3) is 2.16. The Morgan fingerprint density at radius 2 is 2.21 bits per heavy atom. The number of aliphatic hydroxyl groups is 2. The fourth-order valence-corrected chi connectivity index (χ4v) is 2.73. The van der Waals surface area contributed by atoms with Crippen molar-refractivity contribution in [1.29, 1.82) is 0 Å². The minimum atomic E-state index is -0.595. The summed E-state index contributed by atoms with van der Waals surface area (Å²) < 4.78 is 7.73. The Balaban J connectivity index is 1.94. The van der Waals surface area contributed by atoms with E-state index in [-0.39, 0.29) is 12.8 Å². The fourth-order valence-electron chi connectivity index (χ4n) is 2.73. The van der Waals surface area contributed by atoms with E-state index in [2.05, 4.69) is 31.2 Å². The predicted molar refractivity (Wildman–Crippen MR) is 72.9 cm³/mol. The number of aryl methyl sites for hydroxylation is 1. The molecule has 1 fully saturated rings. The molecule has 1 aliphatic rings. The minimum absolute atomic E-state index is 0.142. The van der Waals surface area contributed by atoms with Gasteiger partial charge in [-0.15, -0.1) is 0 Å². The van der Waals surface area contributed by atoms with Gasteiger partial charge in [-0.25, -0.2) is 0 Å². The topological polar surface area (TPSA) is 54.6 Å². The largest absolute Gasteiger partial charge is 0.394 e. The molecule has 19 heavy (non-hydrogen) atoms. The van der Waals surface area contributed by atoms with Crippen LogP contribution < -0.4 is 0 Å². The summed E-state index contributed by atoms with van der Waals surface area (Å²) in [6, 6.07) is 8.46. The monoisotopic (exact) mass is 261 g/mol. The van der Waals surface area contributed by atoms with Crippen molar-refractivity contribution < 1.29 is 14.9 Å². The first-order chi connectivity index (χ1) is 9.22. The van der Waals surface area contributed by atoms with Crippen molar-refractivity contribution in [3.63, 3.8) is 0 Å². The van der Waals surface area contributed by atoms with Gasteiger partial charge in [-0.2, -0.15) is 0 Å². The van der Waals surface area contributed by atoms with Crippen LogP contribution in [0.15, 0.2) is 30.5 Å². The number of aliphatic hydroxyl groups excluding tert-OH is 2. The summed E-state index contributed by atoms with van der Waals surface area (Å²) in [6.45, 7) is 2.00. The zero-order valence-electron chi connectivity index (χ0n) is 11.0. The van der Waals surface area contributed by atoms with Crippen LogP contribution in [0.25, 0.3) is 10.9 Å². The van der Waals surface area contributed by atoms with Crippen molar-refractivity contribution >= 4 is 10.9 Å². The summed E-state index contributed by atoms with van der Waals surface area (Å²) in [4.78, 5) is 0. The molecule has 0 bridgehead atoms. The first-order valence-corrected chi connectivity index (χ1v) is 6.76. The molecule has 102 valence electrons. The number of hydrogen-bond donors (Lipinski definition) is 2. The Morgan fingerprint density at radius 1 is 1.37 bits per heavy atom. The Labute approximate surface area is 112 Å². The standard InChI is InChI=1S/C15H19NO3/c1-2-10-3-4-12-11(7-10)5-6-16(12)15-8-13(18)14(9-17)19-15/h3-7,13-15,17-18H,2,8-9H2,1H3/t13-,14+,15+/m0/s1. The molecule has 3 atom stereocenters. The molecular formula is C15H19NO3. The maximum absolute atomic E-state index is 9.81. The first kappa shape index (κ1) is 12.7. The lowest BCUT2D eigenvalue weighted by Gasteiger charge is -2.15. The summed E-state index contributed by atoms with van der Waals surface area (Å²) in [7, 11) is 0. The molecule has 4 nitrogen and oxygen atoms in total. The van der Waals surface area contributed by atoms with Gasteiger partial charge in [0.2, 0.25) is 0 Å². The number of benzene rings is 1. The summed E-state index contributed by atoms with van der Waals surface area (Å²) in [5, 5.41) is 20.1. The van der Waals surface area contributed by atoms with Crippen molar-refractivity contribution in [2.75, 3.05) is 6.61 Å². The SMILES string of the molecule is CCc1ccc2c(ccn2[C@H]2C[C@H](O)[C@@H](CO)O2)c1. The molecule has 1 aromatic carbocycles. The van der Waals surface area contributed by atoms with Crippen LogP contribution in [0.4, 0.5) is 0 Å². The van der Waals surface area contributed by atoms with Gasteiger partial charge in [-0.1, -0.05) is 13.0 Å². The van der Waals surface area contributed by atoms with E-state index in [0.29, 0.717) is 6.42 Å². The average Bonchev–Trinajstić information content (AvgIpc) is 3.00. The minimum Gasteiger partial charge on any atom is -0.394 e. The van der Waals surface area contributed by atoms with E-state index in [1.54, 1.807) is 0 Å². The Bertz CT molecular complexity index is 578. The van der Waals surface area contributed by atoms with E-state index in [1.807, 2.05) is 10.8 Å². The van der Waals surface area contributed by atoms with Gasteiger partial charge in [0.25, 0.3) is 0 Å². The molecule has 1 aliphatic heterocycles. The second-order valence-electron chi connectivity index (χ2n) is 5.08. The van der Waals surface area contributed by atoms with Crippen LogP contribution in [0.5, 0.6) is 0 Å². The van der Waals surface area contributed by atoms with E-state index >= 15 is 0 Å². The zero-order chi connectivity index (χ0) is 13.4. The highest BCUT2D eigenvalue weighted by Crippen LogP contribution is 2.32. The lowest BCUT2D eigenvalue weighted by atomic mass is 10.1. The molecule has 0 amide bonds. The Morgan fingerprint density at radius 3 is 2.89 bits per heavy atom. The van der Waals surface area contributed by atoms with Crippen LogP contribution in [0.1, 0.15) is 25.1 Å². The molecule has 0 saturated carbocycles. The zero-order valence-corrected chi connectivity index (χ0v) is 11.0. The van der Waals surface area contributed by atoms with Gasteiger partial charge < -0.3 is 19.5 Å². The third-order valence-electron chi connectivity index (χ3n) is 3.89. The summed E-state index contributed by atoms with van der Waals surface area (Å²) in [5.74, 6) is 0. The quantitative estimate of drug-likeness (QED) is 0.886. The summed E-state index contributed by atoms with van der Waals surface area (Å²) in [5.41, 5.74) is 2.42. The van der Waals surface area contributed by atoms with Gasteiger partial charge in [-0.05, 0) is 35.6 Å². The highest BCUT2D eigenvalue weighted by molar-refractivity contribution is 5.81. The molecule has 0 spiro atoms. The predicted octanol–water partition coefficient (Wildman–Crippen LogP) is 1.84. The molecular weight excluding hydrogens is 242 g/mol. The normalized spacial score (nSPS) is 27.2. The maximum atomic E-state index is 9.81. The molecule has 0 radical (unpaired) electrons. The van der Waals surface area contributed by atoms with Crippen LogP contribution >= 0.6 is 0 Å². The molecule has 2 heterocycles. The smallest absolute Gasteiger partial charge is 0.137 e. The molecule has 3 rings (SSSR count). The van der Waals surface area contributed by atoms with Crippen molar-refractivity contribution in [3.8, 4) is 0 Å². The van der Waals surface area contributed by atoms with Crippen LogP contribution in [0.2, 0.25) is 0 Å². The second kappa shape index (κ2) is 4.96. The van der Waals surface area contributed by atoms with Crippen LogP contribution in [-0.4, -0.2) is 33.6 Å². The van der Waals surface area contributed by atoms with Gasteiger partial charge >= 0.3 is 0 Å². The number of aromatic nitrogens is 1. The Hall–Kier alpha value is -1.36. The van der Waals surface area contributed by atoms with Gasteiger partial charge in [0.1, 0.15) is 12.3 Å². The van der Waals surface area contributed by atoms with Crippen molar-refractivity contribution in [1.82, 2.24) is 4.57 Å². The van der Waals surface area contributed by atoms with Crippen LogP contribution in [0, 0.1) is 0 Å². The van der Waals surface area contributed by atoms with Crippen molar-refractivity contribution in [3.05, 3.63) is 36.0 Å². The van der Waals surface area contributed by atoms with E-state index in [1.165, 1.54) is 10.9 Å². The van der Waals surface area contributed by atoms with Crippen molar-refractivity contribution in [2.24, 2.45) is 0 Å². The molecule has 0 aliphatic carbocycles. The molecule has 1 saturated heterocycles. The Kier molecular flexibility index (Phi) is 3.31. The maximum Gasteiger partial charge on any atom is 0.137 e. The summed E-state index contributed by atoms with van der Waals surface area (Å²) >= 11 is 0. The molecule has 1 aromatic heterocycles. The third-order valence-corrected chi connectivity index (χ3v) is 3.89. The van der Waals surface area contributed by atoms with Crippen LogP contribution in [0.3, 0.4) is 0 Å². The van der Waals surface area contributed by atoms with E-state index in [9.17, 15) is 5.11 Å². The van der Waals surface area contributed by atoms with E-state index in [0.717, 1.165) is 11.9 Å². The molecule has 2 N–H and O–H groups in total. The number of rotatable bonds is 3. The van der Waals surface area contributed by atoms with Crippen molar-refractivity contribution in [2.45, 2.75) is 38.2 Å². The van der Waals surface area contributed by atoms with Crippen LogP contribution in [-0.2, 0) is 11.2 Å². The fraction of sp³-hybridized carbons (Fsp3) is 0.467. The number of nitrogens with zero attached hydrogens (tertiary/aromatic N) is 1. The lowest BCUT2D eigenvalue weighted by Crippen LogP contribution is -2.24. The lowest BCUT2D eigenvalue weighted by molar-refractivity contribution is -0.0428. The molecule has 0 unspecified atom stereocenters. The second-order valence-corrected chi connectivity index (χ2v) is 5.08. The van der Waals surface area contributed by atoms with E-state index < -0.39 is 12.2 Å². The van der Waals surface area contributed by atoms with Gasteiger partial charge in [-0.3, -0.25) is 0 Å².